The van der Waals surface area contributed by atoms with Gasteiger partial charge in [0.1, 0.15) is 11.9 Å². The Balaban J connectivity index is 1.82. The molecule has 0 aromatic carbocycles. The van der Waals surface area contributed by atoms with E-state index in [-0.39, 0.29) is 36.5 Å². The van der Waals surface area contributed by atoms with Gasteiger partial charge in [-0.3, -0.25) is 4.79 Å². The SMILES string of the molecule is CC(C)(C)CC(=O)Nc1ccc(NCC2CCOCC2)nc1N1CCC[C@H]1C(F)(F)F. The smallest absolute Gasteiger partial charge is 0.381 e. The number of aromatic nitrogens is 1. The summed E-state index contributed by atoms with van der Waals surface area (Å²) in [7, 11) is 0. The van der Waals surface area contributed by atoms with Gasteiger partial charge in [0.25, 0.3) is 0 Å². The summed E-state index contributed by atoms with van der Waals surface area (Å²) in [6.07, 6.45) is -1.73. The Morgan fingerprint density at radius 2 is 1.90 bits per heavy atom. The Kier molecular flexibility index (Phi) is 7.34. The van der Waals surface area contributed by atoms with Gasteiger partial charge < -0.3 is 20.3 Å². The Morgan fingerprint density at radius 3 is 2.55 bits per heavy atom. The molecule has 0 bridgehead atoms. The normalized spacial score (nSPS) is 20.7. The Labute approximate surface area is 181 Å². The fourth-order valence-electron chi connectivity index (χ4n) is 4.10. The third-order valence-electron chi connectivity index (χ3n) is 5.66. The third kappa shape index (κ3) is 6.72. The van der Waals surface area contributed by atoms with Crippen molar-refractivity contribution in [1.82, 2.24) is 4.98 Å². The number of alkyl halides is 3. The number of carbonyl (C=O) groups excluding carboxylic acids is 1. The van der Waals surface area contributed by atoms with Gasteiger partial charge in [-0.05, 0) is 49.1 Å². The summed E-state index contributed by atoms with van der Waals surface area (Å²) in [5, 5.41) is 6.06. The molecule has 0 spiro atoms. The van der Waals surface area contributed by atoms with E-state index in [1.807, 2.05) is 20.8 Å². The molecular weight excluding hydrogens is 409 g/mol. The Bertz CT molecular complexity index is 758. The summed E-state index contributed by atoms with van der Waals surface area (Å²) in [5.74, 6) is 0.906. The van der Waals surface area contributed by atoms with Crippen molar-refractivity contribution in [3.05, 3.63) is 12.1 Å². The molecule has 3 rings (SSSR count). The van der Waals surface area contributed by atoms with Crippen molar-refractivity contribution in [1.29, 1.82) is 0 Å². The van der Waals surface area contributed by atoms with Crippen molar-refractivity contribution < 1.29 is 22.7 Å². The highest BCUT2D eigenvalue weighted by Crippen LogP contribution is 2.39. The molecule has 3 heterocycles. The van der Waals surface area contributed by atoms with E-state index in [9.17, 15) is 18.0 Å². The standard InChI is InChI=1S/C22H33F3N4O2/c1-21(2,3)13-19(30)27-16-6-7-18(26-14-15-8-11-31-12-9-15)28-20(16)29-10-4-5-17(29)22(23,24)25/h6-7,15,17H,4-5,8-14H2,1-3H3,(H,26,28)(H,27,30)/t17-/m0/s1. The molecule has 2 aliphatic rings. The minimum absolute atomic E-state index is 0.0281. The predicted molar refractivity (Wildman–Crippen MR) is 115 cm³/mol. The van der Waals surface area contributed by atoms with Crippen LogP contribution in [0.15, 0.2) is 12.1 Å². The first kappa shape index (κ1) is 23.6. The lowest BCUT2D eigenvalue weighted by Crippen LogP contribution is -2.42. The molecule has 9 heteroatoms. The number of anilines is 3. The van der Waals surface area contributed by atoms with E-state index in [1.54, 1.807) is 12.1 Å². The quantitative estimate of drug-likeness (QED) is 0.661. The first-order chi connectivity index (χ1) is 14.5. The number of halogens is 3. The van der Waals surface area contributed by atoms with E-state index >= 15 is 0 Å². The molecule has 1 aromatic rings. The fourth-order valence-corrected chi connectivity index (χ4v) is 4.10. The minimum Gasteiger partial charge on any atom is -0.381 e. The molecule has 2 fully saturated rings. The van der Waals surface area contributed by atoms with Crippen LogP contribution in [0.3, 0.4) is 0 Å². The molecule has 6 nitrogen and oxygen atoms in total. The average molecular weight is 443 g/mol. The predicted octanol–water partition coefficient (Wildman–Crippen LogP) is 4.83. The highest BCUT2D eigenvalue weighted by Gasteiger charge is 2.47. The second-order valence-electron chi connectivity index (χ2n) is 9.68. The summed E-state index contributed by atoms with van der Waals surface area (Å²) in [6, 6.07) is 1.78. The van der Waals surface area contributed by atoms with Gasteiger partial charge in [0.05, 0.1) is 5.69 Å². The third-order valence-corrected chi connectivity index (χ3v) is 5.66. The molecule has 2 N–H and O–H groups in total. The molecule has 1 amide bonds. The van der Waals surface area contributed by atoms with Crippen LogP contribution in [-0.2, 0) is 9.53 Å². The molecule has 2 saturated heterocycles. The van der Waals surface area contributed by atoms with Gasteiger partial charge in [-0.2, -0.15) is 13.2 Å². The number of ether oxygens (including phenoxy) is 1. The van der Waals surface area contributed by atoms with Crippen molar-refractivity contribution in [3.63, 3.8) is 0 Å². The molecule has 1 atom stereocenters. The van der Waals surface area contributed by atoms with Crippen LogP contribution < -0.4 is 15.5 Å². The highest BCUT2D eigenvalue weighted by atomic mass is 19.4. The monoisotopic (exact) mass is 442 g/mol. The first-order valence-corrected chi connectivity index (χ1v) is 11.0. The van der Waals surface area contributed by atoms with E-state index in [0.717, 1.165) is 26.1 Å². The maximum Gasteiger partial charge on any atom is 0.408 e. The van der Waals surface area contributed by atoms with Gasteiger partial charge in [-0.15, -0.1) is 0 Å². The highest BCUT2D eigenvalue weighted by molar-refractivity contribution is 5.94. The van der Waals surface area contributed by atoms with Crippen LogP contribution in [0.2, 0.25) is 0 Å². The van der Waals surface area contributed by atoms with Crippen LogP contribution in [0.25, 0.3) is 0 Å². The van der Waals surface area contributed by atoms with Crippen molar-refractivity contribution in [2.75, 3.05) is 41.8 Å². The summed E-state index contributed by atoms with van der Waals surface area (Å²) < 4.78 is 46.2. The Morgan fingerprint density at radius 1 is 1.19 bits per heavy atom. The van der Waals surface area contributed by atoms with Crippen LogP contribution in [0, 0.1) is 11.3 Å². The van der Waals surface area contributed by atoms with Crippen molar-refractivity contribution >= 4 is 23.2 Å². The molecular formula is C22H33F3N4O2. The zero-order valence-electron chi connectivity index (χ0n) is 18.5. The molecule has 2 aliphatic heterocycles. The fraction of sp³-hybridized carbons (Fsp3) is 0.727. The maximum atomic E-state index is 13.6. The maximum absolute atomic E-state index is 13.6. The number of pyridine rings is 1. The molecule has 174 valence electrons. The van der Waals surface area contributed by atoms with Gasteiger partial charge >= 0.3 is 6.18 Å². The lowest BCUT2D eigenvalue weighted by atomic mass is 9.92. The van der Waals surface area contributed by atoms with Crippen molar-refractivity contribution in [3.8, 4) is 0 Å². The summed E-state index contributed by atoms with van der Waals surface area (Å²) in [4.78, 5) is 18.3. The zero-order valence-corrected chi connectivity index (χ0v) is 18.5. The molecule has 31 heavy (non-hydrogen) atoms. The number of amides is 1. The van der Waals surface area contributed by atoms with E-state index in [4.69, 9.17) is 4.74 Å². The molecule has 0 aliphatic carbocycles. The largest absolute Gasteiger partial charge is 0.408 e. The number of hydrogen-bond donors (Lipinski definition) is 2. The lowest BCUT2D eigenvalue weighted by Gasteiger charge is -2.30. The average Bonchev–Trinajstić information content (AvgIpc) is 3.17. The molecule has 0 unspecified atom stereocenters. The zero-order chi connectivity index (χ0) is 22.6. The van der Waals surface area contributed by atoms with E-state index < -0.39 is 12.2 Å². The topological polar surface area (TPSA) is 66.5 Å². The summed E-state index contributed by atoms with van der Waals surface area (Å²) >= 11 is 0. The van der Waals surface area contributed by atoms with Crippen LogP contribution in [0.1, 0.15) is 52.9 Å². The first-order valence-electron chi connectivity index (χ1n) is 11.0. The van der Waals surface area contributed by atoms with Crippen LogP contribution in [0.5, 0.6) is 0 Å². The summed E-state index contributed by atoms with van der Waals surface area (Å²) in [5.41, 5.74) is 0.0902. The lowest BCUT2D eigenvalue weighted by molar-refractivity contribution is -0.146. The van der Waals surface area contributed by atoms with E-state index in [0.29, 0.717) is 30.4 Å². The number of rotatable bonds is 6. The second-order valence-corrected chi connectivity index (χ2v) is 9.68. The minimum atomic E-state index is -4.35. The summed E-state index contributed by atoms with van der Waals surface area (Å²) in [6.45, 7) is 8.21. The number of hydrogen-bond acceptors (Lipinski definition) is 5. The van der Waals surface area contributed by atoms with Gasteiger partial charge in [0.2, 0.25) is 5.91 Å². The van der Waals surface area contributed by atoms with E-state index in [2.05, 4.69) is 15.6 Å². The van der Waals surface area contributed by atoms with Crippen LogP contribution >= 0.6 is 0 Å². The molecule has 0 saturated carbocycles. The van der Waals surface area contributed by atoms with Gasteiger partial charge in [0, 0.05) is 32.7 Å². The van der Waals surface area contributed by atoms with Crippen molar-refractivity contribution in [2.24, 2.45) is 11.3 Å². The van der Waals surface area contributed by atoms with Crippen molar-refractivity contribution in [2.45, 2.75) is 65.1 Å². The molecule has 0 radical (unpaired) electrons. The van der Waals surface area contributed by atoms with Gasteiger partial charge in [-0.1, -0.05) is 20.8 Å². The Hall–Kier alpha value is -2.03. The van der Waals surface area contributed by atoms with E-state index in [1.165, 1.54) is 4.90 Å². The molecule has 1 aromatic heterocycles. The van der Waals surface area contributed by atoms with Gasteiger partial charge in [-0.25, -0.2) is 4.98 Å². The van der Waals surface area contributed by atoms with Crippen LogP contribution in [-0.4, -0.2) is 49.4 Å². The second kappa shape index (κ2) is 9.63. The number of nitrogens with one attached hydrogen (secondary N) is 2. The number of carbonyl (C=O) groups is 1. The van der Waals surface area contributed by atoms with Crippen LogP contribution in [0.4, 0.5) is 30.5 Å². The number of nitrogens with zero attached hydrogens (tertiary/aromatic N) is 2. The van der Waals surface area contributed by atoms with Gasteiger partial charge in [0.15, 0.2) is 5.82 Å².